The smallest absolute Gasteiger partial charge is 0.123 e. The number of halogens is 1. The number of nitrogens with zero attached hydrogens (tertiary/aromatic N) is 1. The third kappa shape index (κ3) is 3.29. The largest absolute Gasteiger partial charge is 0.251 e. The number of nitrogens with one attached hydrogen (secondary N) is 1. The zero-order valence-corrected chi connectivity index (χ0v) is 8.88. The Morgan fingerprint density at radius 3 is 2.40 bits per heavy atom. The normalized spacial score (nSPS) is 17.9. The molecule has 0 aromatic heterocycles. The summed E-state index contributed by atoms with van der Waals surface area (Å²) in [6, 6.07) is 6.67. The third-order valence-electron chi connectivity index (χ3n) is 2.78. The van der Waals surface area contributed by atoms with Crippen molar-refractivity contribution >= 4 is 0 Å². The molecule has 1 aromatic carbocycles. The number of benzene rings is 1. The van der Waals surface area contributed by atoms with Gasteiger partial charge in [-0.25, -0.2) is 9.40 Å². The Morgan fingerprint density at radius 1 is 1.07 bits per heavy atom. The lowest BCUT2D eigenvalue weighted by Gasteiger charge is -2.27. The summed E-state index contributed by atoms with van der Waals surface area (Å²) in [5.74, 6) is -0.170. The van der Waals surface area contributed by atoms with Gasteiger partial charge >= 0.3 is 0 Å². The molecule has 0 bridgehead atoms. The van der Waals surface area contributed by atoms with Crippen LogP contribution in [0.15, 0.2) is 24.3 Å². The molecule has 1 heterocycles. The predicted molar refractivity (Wildman–Crippen MR) is 58.7 cm³/mol. The maximum atomic E-state index is 12.7. The van der Waals surface area contributed by atoms with E-state index in [0.29, 0.717) is 0 Å². The van der Waals surface area contributed by atoms with Gasteiger partial charge in [0.1, 0.15) is 5.82 Å². The van der Waals surface area contributed by atoms with Crippen LogP contribution in [0.1, 0.15) is 24.8 Å². The molecule has 2 rings (SSSR count). The van der Waals surface area contributed by atoms with Crippen molar-refractivity contribution in [2.45, 2.75) is 25.8 Å². The van der Waals surface area contributed by atoms with Crippen molar-refractivity contribution in [3.05, 3.63) is 35.6 Å². The van der Waals surface area contributed by atoms with E-state index in [1.54, 1.807) is 0 Å². The minimum absolute atomic E-state index is 0.170. The van der Waals surface area contributed by atoms with Gasteiger partial charge in [0.05, 0.1) is 0 Å². The fourth-order valence-corrected chi connectivity index (χ4v) is 1.86. The van der Waals surface area contributed by atoms with Crippen LogP contribution in [0.4, 0.5) is 4.39 Å². The zero-order chi connectivity index (χ0) is 10.5. The quantitative estimate of drug-likeness (QED) is 0.820. The summed E-state index contributed by atoms with van der Waals surface area (Å²) in [6.07, 6.45) is 3.89. The highest BCUT2D eigenvalue weighted by molar-refractivity contribution is 5.15. The van der Waals surface area contributed by atoms with Crippen molar-refractivity contribution in [2.75, 3.05) is 13.1 Å². The van der Waals surface area contributed by atoms with E-state index in [-0.39, 0.29) is 5.82 Å². The Balaban J connectivity index is 1.79. The van der Waals surface area contributed by atoms with Gasteiger partial charge < -0.3 is 0 Å². The van der Waals surface area contributed by atoms with Crippen molar-refractivity contribution < 1.29 is 4.39 Å². The summed E-state index contributed by atoms with van der Waals surface area (Å²) in [4.78, 5) is 0. The van der Waals surface area contributed by atoms with Crippen molar-refractivity contribution in [3.8, 4) is 0 Å². The van der Waals surface area contributed by atoms with Crippen LogP contribution in [-0.4, -0.2) is 18.1 Å². The SMILES string of the molecule is Fc1ccc(CNN2CCCCC2)cc1. The van der Waals surface area contributed by atoms with Gasteiger partial charge in [0.2, 0.25) is 0 Å². The molecule has 1 aliphatic rings. The van der Waals surface area contributed by atoms with E-state index in [1.165, 1.54) is 31.4 Å². The molecular weight excluding hydrogens is 191 g/mol. The van der Waals surface area contributed by atoms with Gasteiger partial charge in [-0.15, -0.1) is 0 Å². The van der Waals surface area contributed by atoms with E-state index in [2.05, 4.69) is 10.4 Å². The van der Waals surface area contributed by atoms with Gasteiger partial charge in [-0.05, 0) is 30.5 Å². The average Bonchev–Trinajstić information content (AvgIpc) is 2.30. The molecule has 1 N–H and O–H groups in total. The maximum Gasteiger partial charge on any atom is 0.123 e. The first-order chi connectivity index (χ1) is 7.34. The Labute approximate surface area is 90.1 Å². The molecule has 0 atom stereocenters. The fraction of sp³-hybridized carbons (Fsp3) is 0.500. The van der Waals surface area contributed by atoms with Gasteiger partial charge in [0, 0.05) is 19.6 Å². The molecule has 15 heavy (non-hydrogen) atoms. The molecule has 1 aliphatic heterocycles. The molecule has 2 nitrogen and oxygen atoms in total. The second-order valence-electron chi connectivity index (χ2n) is 4.01. The second kappa shape index (κ2) is 5.24. The summed E-state index contributed by atoms with van der Waals surface area (Å²) in [5.41, 5.74) is 4.50. The minimum Gasteiger partial charge on any atom is -0.251 e. The van der Waals surface area contributed by atoms with Crippen molar-refractivity contribution in [1.29, 1.82) is 0 Å². The monoisotopic (exact) mass is 208 g/mol. The molecule has 0 radical (unpaired) electrons. The average molecular weight is 208 g/mol. The predicted octanol–water partition coefficient (Wildman–Crippen LogP) is 2.32. The highest BCUT2D eigenvalue weighted by atomic mass is 19.1. The Hall–Kier alpha value is -0.930. The van der Waals surface area contributed by atoms with E-state index in [1.807, 2.05) is 12.1 Å². The second-order valence-corrected chi connectivity index (χ2v) is 4.01. The van der Waals surface area contributed by atoms with Crippen molar-refractivity contribution in [3.63, 3.8) is 0 Å². The van der Waals surface area contributed by atoms with Gasteiger partial charge in [-0.3, -0.25) is 5.43 Å². The number of hydrogen-bond acceptors (Lipinski definition) is 2. The number of hydrazine groups is 1. The standard InChI is InChI=1S/C12H17FN2/c13-12-6-4-11(5-7-12)10-14-15-8-2-1-3-9-15/h4-7,14H,1-3,8-10H2. The van der Waals surface area contributed by atoms with Crippen LogP contribution >= 0.6 is 0 Å². The Bertz CT molecular complexity index is 291. The third-order valence-corrected chi connectivity index (χ3v) is 2.78. The molecular formula is C12H17FN2. The first-order valence-electron chi connectivity index (χ1n) is 5.57. The van der Waals surface area contributed by atoms with Gasteiger partial charge in [-0.2, -0.15) is 0 Å². The highest BCUT2D eigenvalue weighted by Gasteiger charge is 2.08. The first kappa shape index (κ1) is 10.6. The number of hydrogen-bond donors (Lipinski definition) is 1. The summed E-state index contributed by atoms with van der Waals surface area (Å²) in [7, 11) is 0. The Morgan fingerprint density at radius 2 is 1.73 bits per heavy atom. The summed E-state index contributed by atoms with van der Waals surface area (Å²) in [5, 5.41) is 2.26. The van der Waals surface area contributed by atoms with Crippen LogP contribution in [0, 0.1) is 5.82 Å². The molecule has 1 fully saturated rings. The van der Waals surface area contributed by atoms with E-state index < -0.39 is 0 Å². The highest BCUT2D eigenvalue weighted by Crippen LogP contribution is 2.07. The van der Waals surface area contributed by atoms with Crippen LogP contribution in [0.25, 0.3) is 0 Å². The lowest BCUT2D eigenvalue weighted by atomic mass is 10.2. The first-order valence-corrected chi connectivity index (χ1v) is 5.57. The molecule has 82 valence electrons. The maximum absolute atomic E-state index is 12.7. The molecule has 3 heteroatoms. The molecule has 0 spiro atoms. The van der Waals surface area contributed by atoms with E-state index in [0.717, 1.165) is 25.2 Å². The number of piperidine rings is 1. The molecule has 0 unspecified atom stereocenters. The van der Waals surface area contributed by atoms with E-state index in [9.17, 15) is 4.39 Å². The van der Waals surface area contributed by atoms with E-state index in [4.69, 9.17) is 0 Å². The molecule has 0 saturated carbocycles. The van der Waals surface area contributed by atoms with Gasteiger partial charge in [0.15, 0.2) is 0 Å². The minimum atomic E-state index is -0.170. The summed E-state index contributed by atoms with van der Waals surface area (Å²) >= 11 is 0. The topological polar surface area (TPSA) is 15.3 Å². The number of rotatable bonds is 3. The van der Waals surface area contributed by atoms with Crippen LogP contribution < -0.4 is 5.43 Å². The van der Waals surface area contributed by atoms with Crippen LogP contribution in [0.2, 0.25) is 0 Å². The molecule has 1 aromatic rings. The molecule has 0 amide bonds. The van der Waals surface area contributed by atoms with E-state index >= 15 is 0 Å². The lowest BCUT2D eigenvalue weighted by Crippen LogP contribution is -2.41. The van der Waals surface area contributed by atoms with Crippen LogP contribution in [0.3, 0.4) is 0 Å². The van der Waals surface area contributed by atoms with Crippen LogP contribution in [0.5, 0.6) is 0 Å². The Kier molecular flexibility index (Phi) is 3.69. The van der Waals surface area contributed by atoms with Crippen molar-refractivity contribution in [1.82, 2.24) is 10.4 Å². The van der Waals surface area contributed by atoms with Gasteiger partial charge in [-0.1, -0.05) is 18.6 Å². The molecule has 1 saturated heterocycles. The van der Waals surface area contributed by atoms with Gasteiger partial charge in [0.25, 0.3) is 0 Å². The molecule has 0 aliphatic carbocycles. The van der Waals surface area contributed by atoms with Crippen LogP contribution in [-0.2, 0) is 6.54 Å². The lowest BCUT2D eigenvalue weighted by molar-refractivity contribution is 0.151. The summed E-state index contributed by atoms with van der Waals surface area (Å²) in [6.45, 7) is 3.04. The summed E-state index contributed by atoms with van der Waals surface area (Å²) < 4.78 is 12.7. The van der Waals surface area contributed by atoms with Crippen molar-refractivity contribution in [2.24, 2.45) is 0 Å². The zero-order valence-electron chi connectivity index (χ0n) is 8.88. The fourth-order valence-electron chi connectivity index (χ4n) is 1.86.